The zero-order chi connectivity index (χ0) is 18.5. The fraction of sp³-hybridized carbons (Fsp3) is 0.500. The number of carbonyl (C=O) groups is 3. The number of ether oxygens (including phenoxy) is 2. The summed E-state index contributed by atoms with van der Waals surface area (Å²) in [6, 6.07) is 8.46. The molecule has 1 rings (SSSR count). The minimum atomic E-state index is -1.18. The Hall–Kier alpha value is -2.37. The number of nitrogens with one attached hydrogen (secondary N) is 1. The van der Waals surface area contributed by atoms with Crippen LogP contribution in [-0.2, 0) is 14.3 Å². The number of hydrogen-bond acceptors (Lipinski definition) is 5. The summed E-state index contributed by atoms with van der Waals surface area (Å²) in [5, 5.41) is 2.61. The van der Waals surface area contributed by atoms with Crippen molar-refractivity contribution in [3.05, 3.63) is 35.9 Å². The van der Waals surface area contributed by atoms with Gasteiger partial charge in [0.25, 0.3) is 0 Å². The first-order valence-electron chi connectivity index (χ1n) is 7.70. The topological polar surface area (TPSA) is 81.7 Å². The van der Waals surface area contributed by atoms with Gasteiger partial charge in [-0.2, -0.15) is 0 Å². The highest BCUT2D eigenvalue weighted by molar-refractivity contribution is 6.01. The highest BCUT2D eigenvalue weighted by Crippen LogP contribution is 2.20. The Morgan fingerprint density at radius 1 is 1.00 bits per heavy atom. The summed E-state index contributed by atoms with van der Waals surface area (Å²) in [7, 11) is 0. The zero-order valence-corrected chi connectivity index (χ0v) is 15.0. The van der Waals surface area contributed by atoms with E-state index < -0.39 is 35.1 Å². The Morgan fingerprint density at radius 3 is 2.00 bits per heavy atom. The van der Waals surface area contributed by atoms with E-state index in [2.05, 4.69) is 5.32 Å². The molecule has 0 radical (unpaired) electrons. The minimum Gasteiger partial charge on any atom is -0.452 e. The van der Waals surface area contributed by atoms with E-state index in [4.69, 9.17) is 9.47 Å². The number of rotatable bonds is 5. The van der Waals surface area contributed by atoms with Gasteiger partial charge in [-0.3, -0.25) is 9.59 Å². The molecule has 0 aromatic heterocycles. The van der Waals surface area contributed by atoms with Gasteiger partial charge < -0.3 is 14.8 Å². The third kappa shape index (κ3) is 6.02. The van der Waals surface area contributed by atoms with Gasteiger partial charge >= 0.3 is 12.1 Å². The molecule has 0 aliphatic heterocycles. The molecular weight excluding hydrogens is 310 g/mol. The quantitative estimate of drug-likeness (QED) is 0.660. The largest absolute Gasteiger partial charge is 0.452 e. The number of ketones is 1. The number of amides is 1. The molecular formula is C18H25NO5. The average molecular weight is 335 g/mol. The Balaban J connectivity index is 3.03. The number of alkyl carbamates (subject to hydrolysis) is 1. The van der Waals surface area contributed by atoms with Crippen molar-refractivity contribution in [3.63, 3.8) is 0 Å². The lowest BCUT2D eigenvalue weighted by molar-refractivity contribution is -0.147. The van der Waals surface area contributed by atoms with E-state index in [1.54, 1.807) is 65.0 Å². The molecule has 0 aliphatic carbocycles. The van der Waals surface area contributed by atoms with Gasteiger partial charge in [-0.05, 0) is 34.6 Å². The van der Waals surface area contributed by atoms with Crippen molar-refractivity contribution in [3.8, 4) is 0 Å². The van der Waals surface area contributed by atoms with Gasteiger partial charge in [0.05, 0.1) is 5.54 Å². The zero-order valence-electron chi connectivity index (χ0n) is 15.0. The Kier molecular flexibility index (Phi) is 6.12. The van der Waals surface area contributed by atoms with Crippen molar-refractivity contribution in [2.45, 2.75) is 58.8 Å². The predicted octanol–water partition coefficient (Wildman–Crippen LogP) is 3.10. The molecule has 132 valence electrons. The summed E-state index contributed by atoms with van der Waals surface area (Å²) < 4.78 is 10.4. The van der Waals surface area contributed by atoms with Crippen LogP contribution in [0.3, 0.4) is 0 Å². The van der Waals surface area contributed by atoms with Crippen LogP contribution in [0, 0.1) is 0 Å². The Bertz CT molecular complexity index is 602. The van der Waals surface area contributed by atoms with Crippen LogP contribution in [0.5, 0.6) is 0 Å². The highest BCUT2D eigenvalue weighted by Gasteiger charge is 2.40. The highest BCUT2D eigenvalue weighted by atomic mass is 16.6. The summed E-state index contributed by atoms with van der Waals surface area (Å²) in [5.41, 5.74) is -1.44. The molecule has 1 aromatic rings. The minimum absolute atomic E-state index is 0.391. The first-order valence-corrected chi connectivity index (χ1v) is 7.70. The molecule has 24 heavy (non-hydrogen) atoms. The lowest BCUT2D eigenvalue weighted by Crippen LogP contribution is -2.57. The molecule has 0 saturated carbocycles. The van der Waals surface area contributed by atoms with Gasteiger partial charge in [-0.15, -0.1) is 0 Å². The maximum atomic E-state index is 12.7. The molecule has 6 heteroatoms. The maximum Gasteiger partial charge on any atom is 0.408 e. The fourth-order valence-electron chi connectivity index (χ4n) is 2.08. The van der Waals surface area contributed by atoms with Crippen LogP contribution in [0.25, 0.3) is 0 Å². The van der Waals surface area contributed by atoms with Gasteiger partial charge in [0.2, 0.25) is 5.78 Å². The molecule has 0 aliphatic rings. The summed E-state index contributed by atoms with van der Waals surface area (Å²) in [4.78, 5) is 36.2. The molecule has 6 nitrogen and oxygen atoms in total. The standard InChI is InChI=1S/C18H25NO5/c1-12(20)23-15(14(21)13-10-8-7-9-11-13)18(5,6)19-16(22)24-17(2,3)4/h7-11,15H,1-6H3,(H,19,22). The summed E-state index contributed by atoms with van der Waals surface area (Å²) >= 11 is 0. The van der Waals surface area contributed by atoms with Gasteiger partial charge in [0.1, 0.15) is 5.60 Å². The van der Waals surface area contributed by atoms with E-state index in [0.29, 0.717) is 5.56 Å². The number of Topliss-reactive ketones (excluding diaryl/α,β-unsaturated/α-hetero) is 1. The van der Waals surface area contributed by atoms with E-state index >= 15 is 0 Å². The smallest absolute Gasteiger partial charge is 0.408 e. The molecule has 1 aromatic carbocycles. The molecule has 0 heterocycles. The number of esters is 1. The third-order valence-electron chi connectivity index (χ3n) is 3.06. The van der Waals surface area contributed by atoms with Crippen LogP contribution in [0.15, 0.2) is 30.3 Å². The van der Waals surface area contributed by atoms with Crippen molar-refractivity contribution < 1.29 is 23.9 Å². The summed E-state index contributed by atoms with van der Waals surface area (Å²) in [6.07, 6.45) is -1.87. The van der Waals surface area contributed by atoms with Crippen molar-refractivity contribution >= 4 is 17.8 Å². The second-order valence-corrected chi connectivity index (χ2v) is 7.07. The van der Waals surface area contributed by atoms with Crippen LogP contribution in [0.1, 0.15) is 51.9 Å². The molecule has 0 fully saturated rings. The van der Waals surface area contributed by atoms with E-state index in [-0.39, 0.29) is 0 Å². The molecule has 1 amide bonds. The van der Waals surface area contributed by atoms with Crippen LogP contribution < -0.4 is 5.32 Å². The lowest BCUT2D eigenvalue weighted by Gasteiger charge is -2.34. The maximum absolute atomic E-state index is 12.7. The second kappa shape index (κ2) is 7.47. The van der Waals surface area contributed by atoms with E-state index in [9.17, 15) is 14.4 Å². The summed E-state index contributed by atoms with van der Waals surface area (Å²) in [5.74, 6) is -1.00. The van der Waals surface area contributed by atoms with Crippen LogP contribution >= 0.6 is 0 Å². The number of hydrogen-bond donors (Lipinski definition) is 1. The van der Waals surface area contributed by atoms with Crippen LogP contribution in [-0.4, -0.2) is 35.1 Å². The lowest BCUT2D eigenvalue weighted by atomic mass is 9.90. The first kappa shape index (κ1) is 19.7. The molecule has 1 unspecified atom stereocenters. The van der Waals surface area contributed by atoms with Gasteiger partial charge in [0, 0.05) is 12.5 Å². The average Bonchev–Trinajstić information content (AvgIpc) is 2.42. The SMILES string of the molecule is CC(=O)OC(C(=O)c1ccccc1)C(C)(C)NC(=O)OC(C)(C)C. The van der Waals surface area contributed by atoms with Gasteiger partial charge in [-0.25, -0.2) is 4.79 Å². The molecule has 1 N–H and O–H groups in total. The van der Waals surface area contributed by atoms with E-state index in [0.717, 1.165) is 0 Å². The van der Waals surface area contributed by atoms with E-state index in [1.165, 1.54) is 6.92 Å². The Morgan fingerprint density at radius 2 is 1.54 bits per heavy atom. The van der Waals surface area contributed by atoms with Crippen molar-refractivity contribution in [2.75, 3.05) is 0 Å². The molecule has 0 spiro atoms. The van der Waals surface area contributed by atoms with Crippen molar-refractivity contribution in [1.29, 1.82) is 0 Å². The first-order chi connectivity index (χ1) is 10.9. The van der Waals surface area contributed by atoms with Crippen molar-refractivity contribution in [2.24, 2.45) is 0 Å². The second-order valence-electron chi connectivity index (χ2n) is 7.07. The monoisotopic (exact) mass is 335 g/mol. The molecule has 0 saturated heterocycles. The normalized spacial score (nSPS) is 12.9. The number of benzene rings is 1. The number of carbonyl (C=O) groups excluding carboxylic acids is 3. The molecule has 1 atom stereocenters. The van der Waals surface area contributed by atoms with E-state index in [1.807, 2.05) is 0 Å². The van der Waals surface area contributed by atoms with Gasteiger partial charge in [-0.1, -0.05) is 30.3 Å². The van der Waals surface area contributed by atoms with Gasteiger partial charge in [0.15, 0.2) is 6.10 Å². The third-order valence-corrected chi connectivity index (χ3v) is 3.06. The Labute approximate surface area is 142 Å². The van der Waals surface area contributed by atoms with Crippen LogP contribution in [0.4, 0.5) is 4.79 Å². The van der Waals surface area contributed by atoms with Crippen LogP contribution in [0.2, 0.25) is 0 Å². The fourth-order valence-corrected chi connectivity index (χ4v) is 2.08. The van der Waals surface area contributed by atoms with Crippen molar-refractivity contribution in [1.82, 2.24) is 5.32 Å². The summed E-state index contributed by atoms with van der Waals surface area (Å²) in [6.45, 7) is 9.63. The molecule has 0 bridgehead atoms. The predicted molar refractivity (Wildman–Crippen MR) is 89.8 cm³/mol.